The number of aliphatic imine (C=N–C) groups is 1. The van der Waals surface area contributed by atoms with Crippen molar-refractivity contribution in [1.82, 2.24) is 15.5 Å². The second-order valence-corrected chi connectivity index (χ2v) is 6.82. The lowest BCUT2D eigenvalue weighted by atomic mass is 10.0. The molecule has 148 valence electrons. The molecule has 0 amide bonds. The Bertz CT molecular complexity index is 587. The molecule has 1 saturated heterocycles. The highest BCUT2D eigenvalue weighted by Crippen LogP contribution is 2.25. The van der Waals surface area contributed by atoms with Crippen LogP contribution < -0.4 is 10.6 Å². The topological polar surface area (TPSA) is 48.9 Å². The first-order valence-electron chi connectivity index (χ1n) is 8.55. The maximum absolute atomic E-state index is 14.1. The summed E-state index contributed by atoms with van der Waals surface area (Å²) in [6, 6.07) is 3.47. The molecule has 1 heterocycles. The summed E-state index contributed by atoms with van der Waals surface area (Å²) in [5, 5.41) is 6.39. The zero-order chi connectivity index (χ0) is 18.4. The zero-order valence-electron chi connectivity index (χ0n) is 15.8. The van der Waals surface area contributed by atoms with Crippen LogP contribution in [0.25, 0.3) is 0 Å². The van der Waals surface area contributed by atoms with Crippen molar-refractivity contribution in [3.05, 3.63) is 35.4 Å². The Labute approximate surface area is 171 Å². The summed E-state index contributed by atoms with van der Waals surface area (Å²) >= 11 is 0. The molecule has 0 aliphatic carbocycles. The molecule has 0 radical (unpaired) electrons. The second-order valence-electron chi connectivity index (χ2n) is 6.82. The minimum atomic E-state index is -0.546. The van der Waals surface area contributed by atoms with Gasteiger partial charge < -0.3 is 20.3 Å². The monoisotopic (exact) mass is 482 g/mol. The smallest absolute Gasteiger partial charge is 0.191 e. The Morgan fingerprint density at radius 1 is 1.31 bits per heavy atom. The van der Waals surface area contributed by atoms with E-state index in [1.165, 1.54) is 18.2 Å². The summed E-state index contributed by atoms with van der Waals surface area (Å²) in [6.45, 7) is 3.80. The van der Waals surface area contributed by atoms with Gasteiger partial charge in [-0.25, -0.2) is 8.78 Å². The largest absolute Gasteiger partial charge is 0.373 e. The van der Waals surface area contributed by atoms with Gasteiger partial charge in [-0.3, -0.25) is 4.99 Å². The lowest BCUT2D eigenvalue weighted by Gasteiger charge is -2.28. The van der Waals surface area contributed by atoms with Gasteiger partial charge in [0.1, 0.15) is 11.6 Å². The third kappa shape index (κ3) is 6.02. The van der Waals surface area contributed by atoms with Crippen molar-refractivity contribution in [3.8, 4) is 0 Å². The molecule has 2 unspecified atom stereocenters. The van der Waals surface area contributed by atoms with Crippen molar-refractivity contribution in [1.29, 1.82) is 0 Å². The number of rotatable bonds is 6. The normalized spacial score (nSPS) is 21.4. The van der Waals surface area contributed by atoms with Crippen molar-refractivity contribution in [2.75, 3.05) is 40.8 Å². The highest BCUT2D eigenvalue weighted by Gasteiger charge is 2.30. The lowest BCUT2D eigenvalue weighted by molar-refractivity contribution is 0.0242. The number of benzene rings is 1. The molecule has 0 aromatic heterocycles. The van der Waals surface area contributed by atoms with Gasteiger partial charge in [-0.2, -0.15) is 0 Å². The highest BCUT2D eigenvalue weighted by atomic mass is 127. The number of guanidine groups is 1. The van der Waals surface area contributed by atoms with E-state index in [0.717, 1.165) is 19.4 Å². The number of nitrogens with zero attached hydrogens (tertiary/aromatic N) is 2. The number of halogens is 3. The molecule has 1 aromatic carbocycles. The fourth-order valence-corrected chi connectivity index (χ4v) is 3.03. The Balaban J connectivity index is 0.00000338. The highest BCUT2D eigenvalue weighted by molar-refractivity contribution is 14.0. The first kappa shape index (κ1) is 23.0. The van der Waals surface area contributed by atoms with Gasteiger partial charge in [-0.05, 0) is 46.0 Å². The molecule has 2 atom stereocenters. The van der Waals surface area contributed by atoms with Crippen LogP contribution in [0.15, 0.2) is 23.2 Å². The summed E-state index contributed by atoms with van der Waals surface area (Å²) in [5.74, 6) is -0.508. The van der Waals surface area contributed by atoms with Crippen LogP contribution in [0, 0.1) is 11.6 Å². The van der Waals surface area contributed by atoms with Gasteiger partial charge in [0.15, 0.2) is 5.96 Å². The molecule has 26 heavy (non-hydrogen) atoms. The van der Waals surface area contributed by atoms with Gasteiger partial charge >= 0.3 is 0 Å². The molecular weight excluding hydrogens is 453 g/mol. The first-order chi connectivity index (χ1) is 11.9. The molecule has 1 aromatic rings. The van der Waals surface area contributed by atoms with E-state index >= 15 is 0 Å². The summed E-state index contributed by atoms with van der Waals surface area (Å²) < 4.78 is 34.0. The molecule has 2 N–H and O–H groups in total. The average molecular weight is 482 g/mol. The lowest BCUT2D eigenvalue weighted by Crippen LogP contribution is -2.47. The molecule has 5 nitrogen and oxygen atoms in total. The molecule has 2 rings (SSSR count). The van der Waals surface area contributed by atoms with Gasteiger partial charge in [-0.1, -0.05) is 6.07 Å². The minimum absolute atomic E-state index is 0. The summed E-state index contributed by atoms with van der Waals surface area (Å²) in [4.78, 5) is 5.96. The Kier molecular flexibility index (Phi) is 9.18. The Hall–Kier alpha value is -1.00. The quantitative estimate of drug-likeness (QED) is 0.372. The third-order valence-corrected chi connectivity index (χ3v) is 4.57. The molecule has 1 fully saturated rings. The van der Waals surface area contributed by atoms with Gasteiger partial charge in [0.05, 0.1) is 11.6 Å². The second kappa shape index (κ2) is 10.4. The molecule has 0 saturated carbocycles. The van der Waals surface area contributed by atoms with E-state index in [1.54, 1.807) is 26.0 Å². The van der Waals surface area contributed by atoms with Crippen LogP contribution in [0.5, 0.6) is 0 Å². The van der Waals surface area contributed by atoms with Crippen LogP contribution in [0.3, 0.4) is 0 Å². The predicted octanol–water partition coefficient (Wildman–Crippen LogP) is 2.92. The van der Waals surface area contributed by atoms with E-state index in [1.807, 2.05) is 0 Å². The van der Waals surface area contributed by atoms with E-state index in [9.17, 15) is 8.78 Å². The minimum Gasteiger partial charge on any atom is -0.373 e. The fourth-order valence-electron chi connectivity index (χ4n) is 3.03. The van der Waals surface area contributed by atoms with Crippen LogP contribution in [0.4, 0.5) is 8.78 Å². The molecule has 0 bridgehead atoms. The SMILES string of the molecule is CN=C(NCC(c1c(F)cccc1F)N(C)C)NCC1(C)CCCO1.I. The van der Waals surface area contributed by atoms with E-state index in [0.29, 0.717) is 19.0 Å². The van der Waals surface area contributed by atoms with Crippen molar-refractivity contribution < 1.29 is 13.5 Å². The fraction of sp³-hybridized carbons (Fsp3) is 0.611. The van der Waals surface area contributed by atoms with Crippen molar-refractivity contribution in [3.63, 3.8) is 0 Å². The maximum Gasteiger partial charge on any atom is 0.191 e. The Morgan fingerprint density at radius 2 is 1.96 bits per heavy atom. The first-order valence-corrected chi connectivity index (χ1v) is 8.55. The van der Waals surface area contributed by atoms with Crippen LogP contribution >= 0.6 is 24.0 Å². The zero-order valence-corrected chi connectivity index (χ0v) is 18.1. The predicted molar refractivity (Wildman–Crippen MR) is 111 cm³/mol. The van der Waals surface area contributed by atoms with Gasteiger partial charge in [0.2, 0.25) is 0 Å². The molecule has 1 aliphatic rings. The van der Waals surface area contributed by atoms with Gasteiger partial charge in [-0.15, -0.1) is 24.0 Å². The third-order valence-electron chi connectivity index (χ3n) is 4.57. The van der Waals surface area contributed by atoms with E-state index in [-0.39, 0.29) is 35.1 Å². The number of nitrogens with one attached hydrogen (secondary N) is 2. The van der Waals surface area contributed by atoms with Gasteiger partial charge in [0, 0.05) is 32.3 Å². The summed E-state index contributed by atoms with van der Waals surface area (Å²) in [5.41, 5.74) is -0.141. The van der Waals surface area contributed by atoms with Crippen LogP contribution in [-0.4, -0.2) is 57.3 Å². The number of likely N-dealkylation sites (N-methyl/N-ethyl adjacent to an activating group) is 1. The van der Waals surface area contributed by atoms with Crippen LogP contribution in [0.1, 0.15) is 31.4 Å². The average Bonchev–Trinajstić information content (AvgIpc) is 2.99. The molecule has 8 heteroatoms. The maximum atomic E-state index is 14.1. The van der Waals surface area contributed by atoms with Crippen molar-refractivity contribution in [2.24, 2.45) is 4.99 Å². The molecule has 1 aliphatic heterocycles. The molecule has 0 spiro atoms. The van der Waals surface area contributed by atoms with E-state index in [2.05, 4.69) is 22.5 Å². The van der Waals surface area contributed by atoms with Crippen molar-refractivity contribution in [2.45, 2.75) is 31.4 Å². The van der Waals surface area contributed by atoms with Gasteiger partial charge in [0.25, 0.3) is 0 Å². The standard InChI is InChI=1S/C18H28F2N4O.HI/c1-18(9-6-10-25-18)12-23-17(21-2)22-11-15(24(3)4)16-13(19)7-5-8-14(16)20;/h5,7-8,15H,6,9-12H2,1-4H3,(H2,21,22,23);1H. The summed E-state index contributed by atoms with van der Waals surface area (Å²) in [7, 11) is 5.26. The van der Waals surface area contributed by atoms with Crippen LogP contribution in [0.2, 0.25) is 0 Å². The summed E-state index contributed by atoms with van der Waals surface area (Å²) in [6.07, 6.45) is 2.05. The Morgan fingerprint density at radius 3 is 2.46 bits per heavy atom. The van der Waals surface area contributed by atoms with E-state index < -0.39 is 17.7 Å². The van der Waals surface area contributed by atoms with E-state index in [4.69, 9.17) is 4.74 Å². The van der Waals surface area contributed by atoms with Crippen molar-refractivity contribution >= 4 is 29.9 Å². The van der Waals surface area contributed by atoms with Crippen LogP contribution in [-0.2, 0) is 4.74 Å². The number of hydrogen-bond donors (Lipinski definition) is 2. The number of ether oxygens (including phenoxy) is 1. The number of hydrogen-bond acceptors (Lipinski definition) is 3. The molecular formula is C18H29F2IN4O.